The predicted octanol–water partition coefficient (Wildman–Crippen LogP) is -0.641. The number of hydroxylamine groups is 2. The molecule has 7 N–H and O–H groups in total. The van der Waals surface area contributed by atoms with E-state index >= 15 is 0 Å². The predicted molar refractivity (Wildman–Crippen MR) is 107 cm³/mol. The normalized spacial score (nSPS) is 34.9. The molecule has 0 radical (unpaired) electrons. The number of carbonyl (C=O) groups is 1. The number of aliphatic hydroxyl groups is 2. The third-order valence-corrected chi connectivity index (χ3v) is 6.27. The molecule has 13 heteroatoms. The van der Waals surface area contributed by atoms with Crippen molar-refractivity contribution in [2.45, 2.75) is 36.4 Å². The van der Waals surface area contributed by atoms with E-state index in [2.05, 4.69) is 9.98 Å². The van der Waals surface area contributed by atoms with Crippen LogP contribution in [0.25, 0.3) is 0 Å². The van der Waals surface area contributed by atoms with Gasteiger partial charge in [-0.15, -0.1) is 0 Å². The van der Waals surface area contributed by atoms with E-state index in [0.29, 0.717) is 5.06 Å². The Morgan fingerprint density at radius 2 is 1.90 bits per heavy atom. The lowest BCUT2D eigenvalue weighted by Crippen LogP contribution is -2.76. The quantitative estimate of drug-likeness (QED) is 0.369. The maximum atomic E-state index is 12.7. The second kappa shape index (κ2) is 6.86. The van der Waals surface area contributed by atoms with Gasteiger partial charge in [-0.1, -0.05) is 23.2 Å². The van der Waals surface area contributed by atoms with Crippen LogP contribution in [0.15, 0.2) is 28.2 Å². The van der Waals surface area contributed by atoms with Crippen LogP contribution in [0.2, 0.25) is 10.0 Å². The Kier molecular flexibility index (Phi) is 4.79. The maximum Gasteiger partial charge on any atom is 0.338 e. The minimum Gasteiger partial charge on any atom is -0.454 e. The van der Waals surface area contributed by atoms with Crippen molar-refractivity contribution in [3.63, 3.8) is 0 Å². The van der Waals surface area contributed by atoms with Gasteiger partial charge in [0.2, 0.25) is 11.6 Å². The number of halogens is 2. The lowest BCUT2D eigenvalue weighted by atomic mass is 9.79. The topological polar surface area (TPSA) is 170 Å². The molecule has 11 nitrogen and oxygen atoms in total. The Morgan fingerprint density at radius 3 is 2.50 bits per heavy atom. The van der Waals surface area contributed by atoms with Crippen molar-refractivity contribution in [2.75, 3.05) is 13.2 Å². The molecule has 1 aromatic rings. The van der Waals surface area contributed by atoms with Gasteiger partial charge in [0.15, 0.2) is 12.1 Å². The van der Waals surface area contributed by atoms with E-state index in [0.717, 1.165) is 0 Å². The van der Waals surface area contributed by atoms with Crippen molar-refractivity contribution in [2.24, 2.45) is 21.5 Å². The second-order valence-electron chi connectivity index (χ2n) is 7.52. The first-order chi connectivity index (χ1) is 14.0. The zero-order chi connectivity index (χ0) is 22.0. The monoisotopic (exact) mass is 458 g/mol. The van der Waals surface area contributed by atoms with Crippen LogP contribution < -0.4 is 11.5 Å². The van der Waals surface area contributed by atoms with Crippen LogP contribution in [-0.4, -0.2) is 85.9 Å². The molecule has 0 aromatic heterocycles. The van der Waals surface area contributed by atoms with Crippen molar-refractivity contribution < 1.29 is 25.0 Å². The van der Waals surface area contributed by atoms with E-state index in [-0.39, 0.29) is 34.1 Å². The molecular weight excluding hydrogens is 439 g/mol. The van der Waals surface area contributed by atoms with Gasteiger partial charge < -0.3 is 31.3 Å². The van der Waals surface area contributed by atoms with Gasteiger partial charge in [-0.3, -0.25) is 5.21 Å². The second-order valence-corrected chi connectivity index (χ2v) is 8.39. The summed E-state index contributed by atoms with van der Waals surface area (Å²) in [6, 6.07) is 2.37. The van der Waals surface area contributed by atoms with Gasteiger partial charge in [-0.25, -0.2) is 14.8 Å². The number of rotatable bonds is 3. The number of hydrogen-bond donors (Lipinski definition) is 5. The van der Waals surface area contributed by atoms with Crippen molar-refractivity contribution in [3.8, 4) is 0 Å². The molecule has 3 aliphatic heterocycles. The number of carbonyl (C=O) groups excluding carboxylic acids is 1. The van der Waals surface area contributed by atoms with Crippen molar-refractivity contribution >= 4 is 41.1 Å². The first-order valence-electron chi connectivity index (χ1n) is 8.97. The smallest absolute Gasteiger partial charge is 0.338 e. The highest BCUT2D eigenvalue weighted by Crippen LogP contribution is 2.50. The van der Waals surface area contributed by atoms with Gasteiger partial charge in [0.1, 0.15) is 17.7 Å². The summed E-state index contributed by atoms with van der Waals surface area (Å²) in [5.74, 6) is -1.15. The summed E-state index contributed by atoms with van der Waals surface area (Å²) in [5.41, 5.74) is 8.31. The average Bonchev–Trinajstić information content (AvgIpc) is 3.07. The van der Waals surface area contributed by atoms with Gasteiger partial charge >= 0.3 is 5.97 Å². The van der Waals surface area contributed by atoms with Crippen molar-refractivity contribution in [1.29, 1.82) is 0 Å². The van der Waals surface area contributed by atoms with Crippen LogP contribution in [-0.2, 0) is 4.74 Å². The fraction of sp³-hybridized carbons (Fsp3) is 0.471. The molecule has 5 atom stereocenters. The largest absolute Gasteiger partial charge is 0.454 e. The van der Waals surface area contributed by atoms with E-state index in [1.165, 1.54) is 30.0 Å². The number of benzene rings is 1. The number of nitrogens with zero attached hydrogens (tertiary/aromatic N) is 4. The van der Waals surface area contributed by atoms with Crippen LogP contribution in [0.4, 0.5) is 0 Å². The molecule has 30 heavy (non-hydrogen) atoms. The Labute approximate surface area is 181 Å². The average molecular weight is 459 g/mol. The Bertz CT molecular complexity index is 952. The van der Waals surface area contributed by atoms with Crippen molar-refractivity contribution in [1.82, 2.24) is 9.96 Å². The molecule has 0 bridgehead atoms. The molecule has 1 fully saturated rings. The molecule has 0 amide bonds. The SMILES string of the molecule is C[C@]1(O)[C@@H](OC(=O)c2cc(Cl)cc(Cl)c2)CN2C(N)=NC(CO)C3N=C(N)N(O)C321. The highest BCUT2D eigenvalue weighted by molar-refractivity contribution is 6.35. The Balaban J connectivity index is 1.73. The summed E-state index contributed by atoms with van der Waals surface area (Å²) in [6.07, 6.45) is -1.17. The lowest BCUT2D eigenvalue weighted by Gasteiger charge is -2.51. The summed E-state index contributed by atoms with van der Waals surface area (Å²) < 4.78 is 5.57. The van der Waals surface area contributed by atoms with E-state index in [4.69, 9.17) is 39.4 Å². The number of hydrogen-bond acceptors (Lipinski definition) is 11. The molecule has 162 valence electrons. The third-order valence-electron chi connectivity index (χ3n) is 5.83. The molecular formula is C17H20Cl2N6O5. The third kappa shape index (κ3) is 2.66. The molecule has 3 aliphatic rings. The highest BCUT2D eigenvalue weighted by Gasteiger charge is 2.75. The fourth-order valence-corrected chi connectivity index (χ4v) is 4.99. The molecule has 4 rings (SSSR count). The fourth-order valence-electron chi connectivity index (χ4n) is 4.46. The summed E-state index contributed by atoms with van der Waals surface area (Å²) >= 11 is 11.9. The van der Waals surface area contributed by atoms with E-state index in [9.17, 15) is 20.2 Å². The first-order valence-corrected chi connectivity index (χ1v) is 9.73. The highest BCUT2D eigenvalue weighted by atomic mass is 35.5. The molecule has 1 saturated heterocycles. The first kappa shape index (κ1) is 20.9. The molecule has 0 aliphatic carbocycles. The molecule has 3 heterocycles. The number of nitrogens with two attached hydrogens (primary N) is 2. The lowest BCUT2D eigenvalue weighted by molar-refractivity contribution is -0.228. The maximum absolute atomic E-state index is 12.7. The van der Waals surface area contributed by atoms with Gasteiger partial charge in [0.05, 0.1) is 18.7 Å². The summed E-state index contributed by atoms with van der Waals surface area (Å²) in [7, 11) is 0. The van der Waals surface area contributed by atoms with Crippen LogP contribution in [0.1, 0.15) is 17.3 Å². The molecule has 0 saturated carbocycles. The Morgan fingerprint density at radius 1 is 1.27 bits per heavy atom. The Hall–Kier alpha value is -2.31. The minimum atomic E-state index is -1.93. The number of aliphatic hydroxyl groups excluding tert-OH is 1. The zero-order valence-corrected chi connectivity index (χ0v) is 17.2. The number of ether oxygens (including phenoxy) is 1. The zero-order valence-electron chi connectivity index (χ0n) is 15.7. The van der Waals surface area contributed by atoms with Crippen LogP contribution in [0.3, 0.4) is 0 Å². The summed E-state index contributed by atoms with van der Waals surface area (Å²) in [4.78, 5) is 22.5. The van der Waals surface area contributed by atoms with E-state index < -0.39 is 42.0 Å². The van der Waals surface area contributed by atoms with Gasteiger partial charge in [-0.05, 0) is 25.1 Å². The van der Waals surface area contributed by atoms with Crippen LogP contribution in [0.5, 0.6) is 0 Å². The summed E-state index contributed by atoms with van der Waals surface area (Å²) in [6.45, 7) is 0.803. The van der Waals surface area contributed by atoms with Crippen LogP contribution in [0, 0.1) is 0 Å². The number of esters is 1. The van der Waals surface area contributed by atoms with E-state index in [1.807, 2.05) is 0 Å². The van der Waals surface area contributed by atoms with Gasteiger partial charge in [0.25, 0.3) is 0 Å². The van der Waals surface area contributed by atoms with Gasteiger partial charge in [-0.2, -0.15) is 5.06 Å². The van der Waals surface area contributed by atoms with E-state index in [1.54, 1.807) is 0 Å². The standard InChI is InChI=1S/C17H20Cl2N6O5/c1-16(28)11(30-13(27)7-2-8(18)4-9(19)3-7)5-24-14(20)22-10(6-26)12-17(16,24)25(29)15(21)23-12/h2-4,10-12,26,28-29H,5-6H2,1H3,(H2,20,22)(H2,21,23)/t10?,11-,12?,16-,17?/m0/s1. The van der Waals surface area contributed by atoms with Gasteiger partial charge in [0, 0.05) is 10.0 Å². The van der Waals surface area contributed by atoms with Crippen LogP contribution >= 0.6 is 23.2 Å². The molecule has 1 spiro atoms. The molecule has 3 unspecified atom stereocenters. The summed E-state index contributed by atoms with van der Waals surface area (Å²) in [5, 5.41) is 33.1. The van der Waals surface area contributed by atoms with Crippen molar-refractivity contribution in [3.05, 3.63) is 33.8 Å². The number of aliphatic imine (C=N–C) groups is 2. The minimum absolute atomic E-state index is 0.0705. The molecule has 1 aromatic carbocycles. The number of guanidine groups is 2.